The first-order valence-electron chi connectivity index (χ1n) is 9.11. The van der Waals surface area contributed by atoms with Crippen LogP contribution in [0.25, 0.3) is 0 Å². The molecule has 4 nitrogen and oxygen atoms in total. The van der Waals surface area contributed by atoms with Gasteiger partial charge in [0.1, 0.15) is 4.88 Å². The Morgan fingerprint density at radius 1 is 1.24 bits per heavy atom. The van der Waals surface area contributed by atoms with E-state index >= 15 is 0 Å². The fourth-order valence-electron chi connectivity index (χ4n) is 3.16. The molecule has 0 radical (unpaired) electrons. The zero-order chi connectivity index (χ0) is 17.8. The van der Waals surface area contributed by atoms with Crippen LogP contribution in [0, 0.1) is 12.8 Å². The highest BCUT2D eigenvalue weighted by molar-refractivity contribution is 7.13. The zero-order valence-electron chi connectivity index (χ0n) is 15.3. The molecule has 0 bridgehead atoms. The lowest BCUT2D eigenvalue weighted by Crippen LogP contribution is -2.22. The fraction of sp³-hybridized carbons (Fsp3) is 0.500. The summed E-state index contributed by atoms with van der Waals surface area (Å²) in [7, 11) is 0. The molecule has 0 spiro atoms. The molecule has 0 atom stereocenters. The Morgan fingerprint density at radius 3 is 2.56 bits per heavy atom. The molecule has 2 heterocycles. The minimum Gasteiger partial charge on any atom is -0.372 e. The molecular formula is C20H27N3OS. The molecule has 1 fully saturated rings. The first kappa shape index (κ1) is 17.9. The Hall–Kier alpha value is -1.88. The van der Waals surface area contributed by atoms with Crippen molar-refractivity contribution in [2.24, 2.45) is 5.92 Å². The highest BCUT2D eigenvalue weighted by Crippen LogP contribution is 2.22. The average molecular weight is 358 g/mol. The molecule has 1 aliphatic rings. The van der Waals surface area contributed by atoms with Crippen molar-refractivity contribution in [3.63, 3.8) is 0 Å². The molecule has 1 aliphatic heterocycles. The van der Waals surface area contributed by atoms with E-state index in [0.29, 0.717) is 12.5 Å². The van der Waals surface area contributed by atoms with Crippen LogP contribution in [0.15, 0.2) is 24.3 Å². The largest absolute Gasteiger partial charge is 0.372 e. The number of carbonyl (C=O) groups excluding carboxylic acids is 1. The van der Waals surface area contributed by atoms with Crippen LogP contribution in [0.4, 0.5) is 5.69 Å². The second-order valence-corrected chi connectivity index (χ2v) is 8.25. The first-order chi connectivity index (χ1) is 12.0. The van der Waals surface area contributed by atoms with Crippen LogP contribution < -0.4 is 10.2 Å². The van der Waals surface area contributed by atoms with Crippen LogP contribution in [0.3, 0.4) is 0 Å². The second kappa shape index (κ2) is 8.00. The van der Waals surface area contributed by atoms with Crippen molar-refractivity contribution in [1.82, 2.24) is 10.3 Å². The summed E-state index contributed by atoms with van der Waals surface area (Å²) in [6, 6.07) is 8.53. The van der Waals surface area contributed by atoms with Gasteiger partial charge in [0.05, 0.1) is 10.7 Å². The maximum absolute atomic E-state index is 12.5. The van der Waals surface area contributed by atoms with Crippen LogP contribution in [0.2, 0.25) is 0 Å². The van der Waals surface area contributed by atoms with Crippen molar-refractivity contribution in [2.75, 3.05) is 18.0 Å². The Kier molecular flexibility index (Phi) is 5.74. The summed E-state index contributed by atoms with van der Waals surface area (Å²) in [6.07, 6.45) is 3.49. The number of nitrogens with one attached hydrogen (secondary N) is 1. The predicted octanol–water partition coefficient (Wildman–Crippen LogP) is 4.18. The highest BCUT2D eigenvalue weighted by Gasteiger charge is 2.16. The van der Waals surface area contributed by atoms with E-state index in [-0.39, 0.29) is 5.91 Å². The quantitative estimate of drug-likeness (QED) is 0.843. The maximum atomic E-state index is 12.5. The van der Waals surface area contributed by atoms with Gasteiger partial charge in [-0.15, -0.1) is 11.3 Å². The third-order valence-electron chi connectivity index (χ3n) is 4.49. The topological polar surface area (TPSA) is 45.2 Å². The molecule has 1 aromatic heterocycles. The van der Waals surface area contributed by atoms with Gasteiger partial charge in [-0.2, -0.15) is 0 Å². The van der Waals surface area contributed by atoms with Crippen molar-refractivity contribution in [2.45, 2.75) is 46.6 Å². The molecular weight excluding hydrogens is 330 g/mol. The molecule has 1 aromatic carbocycles. The number of nitrogens with zero attached hydrogens (tertiary/aromatic N) is 2. The van der Waals surface area contributed by atoms with Gasteiger partial charge in [-0.25, -0.2) is 4.98 Å². The number of amides is 1. The van der Waals surface area contributed by atoms with E-state index in [2.05, 4.69) is 53.3 Å². The third kappa shape index (κ3) is 4.60. The maximum Gasteiger partial charge on any atom is 0.263 e. The first-order valence-corrected chi connectivity index (χ1v) is 9.93. The fourth-order valence-corrected chi connectivity index (χ4v) is 4.36. The number of benzene rings is 1. The van der Waals surface area contributed by atoms with Crippen molar-refractivity contribution in [1.29, 1.82) is 0 Å². The number of aromatic nitrogens is 1. The van der Waals surface area contributed by atoms with Gasteiger partial charge in [0, 0.05) is 31.7 Å². The minimum absolute atomic E-state index is 0.0198. The van der Waals surface area contributed by atoms with Gasteiger partial charge in [0.25, 0.3) is 5.91 Å². The van der Waals surface area contributed by atoms with Crippen molar-refractivity contribution >= 4 is 22.9 Å². The molecule has 25 heavy (non-hydrogen) atoms. The van der Waals surface area contributed by atoms with Gasteiger partial charge in [-0.1, -0.05) is 26.0 Å². The standard InChI is InChI=1S/C20H27N3OS/c1-14(2)12-18-22-15(3)19(25-18)20(24)21-13-16-6-8-17(9-7-16)23-10-4-5-11-23/h6-9,14H,4-5,10-13H2,1-3H3,(H,21,24). The molecule has 1 amide bonds. The van der Waals surface area contributed by atoms with Gasteiger partial charge in [0.15, 0.2) is 0 Å². The van der Waals surface area contributed by atoms with E-state index in [4.69, 9.17) is 0 Å². The Labute approximate surface area is 154 Å². The Balaban J connectivity index is 1.57. The summed E-state index contributed by atoms with van der Waals surface area (Å²) >= 11 is 1.52. The van der Waals surface area contributed by atoms with Crippen LogP contribution in [-0.2, 0) is 13.0 Å². The van der Waals surface area contributed by atoms with Crippen molar-refractivity contribution in [3.05, 3.63) is 45.4 Å². The van der Waals surface area contributed by atoms with Crippen LogP contribution in [0.1, 0.15) is 52.6 Å². The third-order valence-corrected chi connectivity index (χ3v) is 5.67. The molecule has 0 unspecified atom stereocenters. The lowest BCUT2D eigenvalue weighted by atomic mass is 10.1. The normalized spacial score (nSPS) is 14.3. The Bertz CT molecular complexity index is 715. The number of aryl methyl sites for hydroxylation is 1. The number of hydrogen-bond acceptors (Lipinski definition) is 4. The van der Waals surface area contributed by atoms with E-state index in [9.17, 15) is 4.79 Å². The zero-order valence-corrected chi connectivity index (χ0v) is 16.2. The second-order valence-electron chi connectivity index (χ2n) is 7.16. The summed E-state index contributed by atoms with van der Waals surface area (Å²) in [5.41, 5.74) is 3.24. The van der Waals surface area contributed by atoms with E-state index in [0.717, 1.165) is 40.7 Å². The van der Waals surface area contributed by atoms with Gasteiger partial charge in [0.2, 0.25) is 0 Å². The summed E-state index contributed by atoms with van der Waals surface area (Å²) in [5.74, 6) is 0.532. The summed E-state index contributed by atoms with van der Waals surface area (Å²) in [4.78, 5) is 20.2. The number of thiazole rings is 1. The highest BCUT2D eigenvalue weighted by atomic mass is 32.1. The van der Waals surface area contributed by atoms with Crippen molar-refractivity contribution < 1.29 is 4.79 Å². The minimum atomic E-state index is -0.0198. The molecule has 2 aromatic rings. The molecule has 0 aliphatic carbocycles. The number of rotatable bonds is 6. The van der Waals surface area contributed by atoms with Gasteiger partial charge >= 0.3 is 0 Å². The monoisotopic (exact) mass is 357 g/mol. The number of anilines is 1. The lowest BCUT2D eigenvalue weighted by Gasteiger charge is -2.17. The van der Waals surface area contributed by atoms with Gasteiger partial charge < -0.3 is 10.2 Å². The molecule has 1 saturated heterocycles. The van der Waals surface area contributed by atoms with E-state index < -0.39 is 0 Å². The SMILES string of the molecule is Cc1nc(CC(C)C)sc1C(=O)NCc1ccc(N2CCCC2)cc1. The van der Waals surface area contributed by atoms with Crippen molar-refractivity contribution in [3.8, 4) is 0 Å². The molecule has 5 heteroatoms. The van der Waals surface area contributed by atoms with E-state index in [1.807, 2.05) is 6.92 Å². The van der Waals surface area contributed by atoms with Gasteiger partial charge in [-0.3, -0.25) is 4.79 Å². The number of hydrogen-bond donors (Lipinski definition) is 1. The number of carbonyl (C=O) groups is 1. The molecule has 0 saturated carbocycles. The predicted molar refractivity (Wildman–Crippen MR) is 104 cm³/mol. The summed E-state index contributed by atoms with van der Waals surface area (Å²) in [6.45, 7) is 9.11. The smallest absolute Gasteiger partial charge is 0.263 e. The molecule has 1 N–H and O–H groups in total. The molecule has 3 rings (SSSR count). The Morgan fingerprint density at radius 2 is 1.92 bits per heavy atom. The van der Waals surface area contributed by atoms with E-state index in [1.165, 1.54) is 29.9 Å². The van der Waals surface area contributed by atoms with E-state index in [1.54, 1.807) is 0 Å². The van der Waals surface area contributed by atoms with Gasteiger partial charge in [-0.05, 0) is 43.4 Å². The average Bonchev–Trinajstić information content (AvgIpc) is 3.22. The summed E-state index contributed by atoms with van der Waals surface area (Å²) in [5, 5.41) is 4.08. The van der Waals surface area contributed by atoms with Crippen LogP contribution >= 0.6 is 11.3 Å². The van der Waals surface area contributed by atoms with Crippen LogP contribution in [0.5, 0.6) is 0 Å². The summed E-state index contributed by atoms with van der Waals surface area (Å²) < 4.78 is 0. The lowest BCUT2D eigenvalue weighted by molar-refractivity contribution is 0.0954. The molecule has 134 valence electrons. The van der Waals surface area contributed by atoms with Crippen LogP contribution in [-0.4, -0.2) is 24.0 Å².